The van der Waals surface area contributed by atoms with Gasteiger partial charge in [0.15, 0.2) is 0 Å². The molecule has 1 unspecified atom stereocenters. The second kappa shape index (κ2) is 5.36. The van der Waals surface area contributed by atoms with E-state index in [2.05, 4.69) is 52.4 Å². The molecule has 3 nitrogen and oxygen atoms in total. The van der Waals surface area contributed by atoms with E-state index in [1.807, 2.05) is 6.92 Å². The fourth-order valence-corrected chi connectivity index (χ4v) is 2.61. The third-order valence-electron chi connectivity index (χ3n) is 2.68. The maximum Gasteiger partial charge on any atom is 0.203 e. The van der Waals surface area contributed by atoms with Crippen LogP contribution in [0.25, 0.3) is 0 Å². The fraction of sp³-hybridized carbons (Fsp3) is 0.462. The number of hydrogen-bond acceptors (Lipinski definition) is 3. The zero-order chi connectivity index (χ0) is 12.3. The largest absolute Gasteiger partial charge is 0.348 e. The van der Waals surface area contributed by atoms with Gasteiger partial charge in [-0.05, 0) is 31.7 Å². The van der Waals surface area contributed by atoms with Gasteiger partial charge >= 0.3 is 0 Å². The zero-order valence-corrected chi connectivity index (χ0v) is 11.4. The summed E-state index contributed by atoms with van der Waals surface area (Å²) in [5.41, 5.74) is 1.07. The van der Waals surface area contributed by atoms with E-state index in [-0.39, 0.29) is 0 Å². The van der Waals surface area contributed by atoms with Gasteiger partial charge in [-0.3, -0.25) is 0 Å². The van der Waals surface area contributed by atoms with Gasteiger partial charge in [-0.1, -0.05) is 13.0 Å². The molecule has 2 aromatic heterocycles. The van der Waals surface area contributed by atoms with Crippen molar-refractivity contribution in [1.82, 2.24) is 9.55 Å². The second-order valence-electron chi connectivity index (χ2n) is 4.28. The molecule has 0 bridgehead atoms. The molecule has 0 aliphatic carbocycles. The molecule has 92 valence electrons. The summed E-state index contributed by atoms with van der Waals surface area (Å²) >= 11 is 1.78. The standard InChI is InChI=1S/C13H19N3S/c1-4-7-16-9-10(2)14-13(16)15-11(3)12-6-5-8-17-12/h5-6,8-9,11H,4,7H2,1-3H3,(H,14,15). The molecule has 2 aromatic rings. The van der Waals surface area contributed by atoms with E-state index in [0.717, 1.165) is 24.6 Å². The van der Waals surface area contributed by atoms with Crippen LogP contribution in [0.1, 0.15) is 36.9 Å². The van der Waals surface area contributed by atoms with Crippen LogP contribution < -0.4 is 5.32 Å². The van der Waals surface area contributed by atoms with Crippen molar-refractivity contribution in [1.29, 1.82) is 0 Å². The smallest absolute Gasteiger partial charge is 0.203 e. The Balaban J connectivity index is 2.12. The van der Waals surface area contributed by atoms with Crippen molar-refractivity contribution in [3.05, 3.63) is 34.3 Å². The molecular weight excluding hydrogens is 230 g/mol. The molecule has 0 aliphatic heterocycles. The molecule has 0 aliphatic rings. The third kappa shape index (κ3) is 2.88. The van der Waals surface area contributed by atoms with Crippen molar-refractivity contribution < 1.29 is 0 Å². The van der Waals surface area contributed by atoms with Crippen LogP contribution in [0.2, 0.25) is 0 Å². The maximum atomic E-state index is 4.54. The topological polar surface area (TPSA) is 29.9 Å². The lowest BCUT2D eigenvalue weighted by molar-refractivity contribution is 0.675. The van der Waals surface area contributed by atoms with Crippen molar-refractivity contribution in [3.8, 4) is 0 Å². The quantitative estimate of drug-likeness (QED) is 0.872. The minimum Gasteiger partial charge on any atom is -0.348 e. The molecule has 1 atom stereocenters. The minimum absolute atomic E-state index is 0.312. The molecule has 0 radical (unpaired) electrons. The van der Waals surface area contributed by atoms with E-state index in [9.17, 15) is 0 Å². The molecule has 2 rings (SSSR count). The van der Waals surface area contributed by atoms with Gasteiger partial charge in [0.1, 0.15) is 0 Å². The molecule has 2 heterocycles. The van der Waals surface area contributed by atoms with Crippen molar-refractivity contribution in [2.24, 2.45) is 0 Å². The fourth-order valence-electron chi connectivity index (χ4n) is 1.88. The van der Waals surface area contributed by atoms with Crippen LogP contribution in [0, 0.1) is 6.92 Å². The number of hydrogen-bond donors (Lipinski definition) is 1. The van der Waals surface area contributed by atoms with Gasteiger partial charge in [0, 0.05) is 17.6 Å². The van der Waals surface area contributed by atoms with Gasteiger partial charge in [0.2, 0.25) is 5.95 Å². The monoisotopic (exact) mass is 249 g/mol. The van der Waals surface area contributed by atoms with E-state index in [0.29, 0.717) is 6.04 Å². The van der Waals surface area contributed by atoms with Crippen LogP contribution in [-0.4, -0.2) is 9.55 Å². The number of imidazole rings is 1. The summed E-state index contributed by atoms with van der Waals surface area (Å²) in [6, 6.07) is 4.55. The molecule has 1 N–H and O–H groups in total. The molecule has 0 saturated carbocycles. The van der Waals surface area contributed by atoms with E-state index in [4.69, 9.17) is 0 Å². The lowest BCUT2D eigenvalue weighted by Crippen LogP contribution is -2.10. The van der Waals surface area contributed by atoms with Crippen LogP contribution in [0.5, 0.6) is 0 Å². The first-order chi connectivity index (χ1) is 8.20. The van der Waals surface area contributed by atoms with Gasteiger partial charge in [-0.2, -0.15) is 0 Å². The average molecular weight is 249 g/mol. The number of nitrogens with zero attached hydrogens (tertiary/aromatic N) is 2. The summed E-state index contributed by atoms with van der Waals surface area (Å²) in [5, 5.41) is 5.59. The minimum atomic E-state index is 0.312. The maximum absolute atomic E-state index is 4.54. The molecular formula is C13H19N3S. The van der Waals surface area contributed by atoms with Gasteiger partial charge in [0.25, 0.3) is 0 Å². The Bertz CT molecular complexity index is 459. The number of rotatable bonds is 5. The predicted octanol–water partition coefficient (Wildman–Crippen LogP) is 3.84. The first-order valence-corrected chi connectivity index (χ1v) is 6.92. The predicted molar refractivity (Wildman–Crippen MR) is 73.6 cm³/mol. The Morgan fingerprint density at radius 2 is 2.35 bits per heavy atom. The van der Waals surface area contributed by atoms with Gasteiger partial charge in [0.05, 0.1) is 11.7 Å². The van der Waals surface area contributed by atoms with Crippen molar-refractivity contribution in [2.45, 2.75) is 39.8 Å². The first kappa shape index (κ1) is 12.2. The van der Waals surface area contributed by atoms with Crippen LogP contribution in [0.4, 0.5) is 5.95 Å². The Kier molecular flexibility index (Phi) is 3.84. The van der Waals surface area contributed by atoms with Crippen LogP contribution in [-0.2, 0) is 6.54 Å². The summed E-state index contributed by atoms with van der Waals surface area (Å²) in [4.78, 5) is 5.88. The number of aromatic nitrogens is 2. The number of anilines is 1. The molecule has 0 fully saturated rings. The van der Waals surface area contributed by atoms with E-state index >= 15 is 0 Å². The Hall–Kier alpha value is -1.29. The number of thiophene rings is 1. The normalized spacial score (nSPS) is 12.6. The van der Waals surface area contributed by atoms with Crippen molar-refractivity contribution >= 4 is 17.3 Å². The highest BCUT2D eigenvalue weighted by Crippen LogP contribution is 2.22. The molecule has 0 saturated heterocycles. The molecule has 4 heteroatoms. The summed E-state index contributed by atoms with van der Waals surface area (Å²) in [5.74, 6) is 0.977. The Morgan fingerprint density at radius 1 is 1.53 bits per heavy atom. The summed E-state index contributed by atoms with van der Waals surface area (Å²) in [6.07, 6.45) is 3.23. The Morgan fingerprint density at radius 3 is 3.00 bits per heavy atom. The molecule has 0 aromatic carbocycles. The van der Waals surface area contributed by atoms with Crippen LogP contribution >= 0.6 is 11.3 Å². The molecule has 0 spiro atoms. The highest BCUT2D eigenvalue weighted by Gasteiger charge is 2.10. The second-order valence-corrected chi connectivity index (χ2v) is 5.26. The van der Waals surface area contributed by atoms with E-state index in [1.165, 1.54) is 4.88 Å². The summed E-state index contributed by atoms with van der Waals surface area (Å²) < 4.78 is 2.19. The van der Waals surface area contributed by atoms with Gasteiger partial charge in [-0.25, -0.2) is 4.98 Å². The lowest BCUT2D eigenvalue weighted by Gasteiger charge is -2.14. The highest BCUT2D eigenvalue weighted by atomic mass is 32.1. The van der Waals surface area contributed by atoms with E-state index < -0.39 is 0 Å². The Labute approximate surface area is 107 Å². The third-order valence-corrected chi connectivity index (χ3v) is 3.73. The van der Waals surface area contributed by atoms with Crippen molar-refractivity contribution in [2.75, 3.05) is 5.32 Å². The number of nitrogens with one attached hydrogen (secondary N) is 1. The average Bonchev–Trinajstić information content (AvgIpc) is 2.89. The van der Waals surface area contributed by atoms with Gasteiger partial charge < -0.3 is 9.88 Å². The van der Waals surface area contributed by atoms with Gasteiger partial charge in [-0.15, -0.1) is 11.3 Å². The first-order valence-electron chi connectivity index (χ1n) is 6.04. The molecule has 0 amide bonds. The SMILES string of the molecule is CCCn1cc(C)nc1NC(C)c1cccs1. The van der Waals surface area contributed by atoms with E-state index in [1.54, 1.807) is 11.3 Å². The highest BCUT2D eigenvalue weighted by molar-refractivity contribution is 7.10. The lowest BCUT2D eigenvalue weighted by atomic mass is 10.3. The summed E-state index contributed by atoms with van der Waals surface area (Å²) in [6.45, 7) is 7.40. The zero-order valence-electron chi connectivity index (χ0n) is 10.6. The van der Waals surface area contributed by atoms with Crippen molar-refractivity contribution in [3.63, 3.8) is 0 Å². The van der Waals surface area contributed by atoms with Crippen LogP contribution in [0.3, 0.4) is 0 Å². The van der Waals surface area contributed by atoms with Crippen LogP contribution in [0.15, 0.2) is 23.7 Å². The summed E-state index contributed by atoms with van der Waals surface area (Å²) in [7, 11) is 0. The number of aryl methyl sites for hydroxylation is 2. The molecule has 17 heavy (non-hydrogen) atoms.